The largest absolute Gasteiger partial charge is 0.352 e. The summed E-state index contributed by atoms with van der Waals surface area (Å²) in [6.45, 7) is 3.74. The monoisotopic (exact) mass is 450 g/mol. The van der Waals surface area contributed by atoms with Gasteiger partial charge in [-0.25, -0.2) is 8.42 Å². The predicted octanol–water partition coefficient (Wildman–Crippen LogP) is 4.32. The van der Waals surface area contributed by atoms with Crippen LogP contribution in [0, 0.1) is 6.92 Å². The van der Waals surface area contributed by atoms with Gasteiger partial charge in [0.15, 0.2) is 0 Å². The number of nitrogens with zero attached hydrogens (tertiary/aromatic N) is 1. The summed E-state index contributed by atoms with van der Waals surface area (Å²) in [7, 11) is -3.83. The van der Waals surface area contributed by atoms with Crippen molar-refractivity contribution < 1.29 is 13.2 Å². The van der Waals surface area contributed by atoms with E-state index in [4.69, 9.17) is 0 Å². The number of aryl methyl sites for hydroxylation is 2. The first-order valence-corrected chi connectivity index (χ1v) is 12.2. The molecule has 3 aromatic carbocycles. The molecule has 3 rings (SSSR count). The molecule has 0 unspecified atom stereocenters. The Morgan fingerprint density at radius 3 is 2.03 bits per heavy atom. The predicted molar refractivity (Wildman–Crippen MR) is 128 cm³/mol. The van der Waals surface area contributed by atoms with Gasteiger partial charge in [0.1, 0.15) is 0 Å². The number of carbonyl (C=O) groups excluding carboxylic acids is 1. The molecule has 0 radical (unpaired) electrons. The minimum atomic E-state index is -3.83. The van der Waals surface area contributed by atoms with Crippen molar-refractivity contribution in [1.82, 2.24) is 9.62 Å². The van der Waals surface area contributed by atoms with Crippen molar-refractivity contribution >= 4 is 15.9 Å². The van der Waals surface area contributed by atoms with E-state index in [1.54, 1.807) is 24.3 Å². The summed E-state index contributed by atoms with van der Waals surface area (Å²) in [6.07, 6.45) is 1.62. The zero-order valence-corrected chi connectivity index (χ0v) is 19.4. The van der Waals surface area contributed by atoms with Crippen molar-refractivity contribution in [3.63, 3.8) is 0 Å². The molecule has 0 aliphatic heterocycles. The van der Waals surface area contributed by atoms with Crippen molar-refractivity contribution in [3.8, 4) is 0 Å². The van der Waals surface area contributed by atoms with Gasteiger partial charge in [0, 0.05) is 12.6 Å². The van der Waals surface area contributed by atoms with Crippen LogP contribution in [0.15, 0.2) is 89.8 Å². The van der Waals surface area contributed by atoms with Gasteiger partial charge in [-0.05, 0) is 49.9 Å². The lowest BCUT2D eigenvalue weighted by Crippen LogP contribution is -2.43. The molecule has 0 aliphatic carbocycles. The van der Waals surface area contributed by atoms with Crippen LogP contribution in [0.2, 0.25) is 0 Å². The summed E-state index contributed by atoms with van der Waals surface area (Å²) < 4.78 is 27.9. The van der Waals surface area contributed by atoms with Crippen LogP contribution >= 0.6 is 0 Å². The third-order valence-corrected chi connectivity index (χ3v) is 7.10. The summed E-state index contributed by atoms with van der Waals surface area (Å²) in [5, 5.41) is 2.95. The molecule has 32 heavy (non-hydrogen) atoms. The fourth-order valence-electron chi connectivity index (χ4n) is 3.45. The molecule has 6 heteroatoms. The van der Waals surface area contributed by atoms with Crippen LogP contribution in [0.5, 0.6) is 0 Å². The summed E-state index contributed by atoms with van der Waals surface area (Å²) in [5.74, 6) is -0.308. The second-order valence-electron chi connectivity index (χ2n) is 8.06. The van der Waals surface area contributed by atoms with Gasteiger partial charge < -0.3 is 5.32 Å². The van der Waals surface area contributed by atoms with Crippen LogP contribution in [0.3, 0.4) is 0 Å². The van der Waals surface area contributed by atoms with E-state index in [9.17, 15) is 13.2 Å². The molecule has 0 spiro atoms. The Hall–Kier alpha value is -2.96. The van der Waals surface area contributed by atoms with Gasteiger partial charge in [0.05, 0.1) is 11.4 Å². The Morgan fingerprint density at radius 1 is 0.875 bits per heavy atom. The lowest BCUT2D eigenvalue weighted by molar-refractivity contribution is -0.122. The topological polar surface area (TPSA) is 66.5 Å². The maximum atomic E-state index is 13.3. The molecule has 0 fully saturated rings. The van der Waals surface area contributed by atoms with Gasteiger partial charge in [-0.3, -0.25) is 4.79 Å². The van der Waals surface area contributed by atoms with Gasteiger partial charge in [-0.2, -0.15) is 4.31 Å². The number of hydrogen-bond donors (Lipinski definition) is 1. The first-order chi connectivity index (χ1) is 15.3. The molecule has 5 nitrogen and oxygen atoms in total. The third kappa shape index (κ3) is 6.77. The Bertz CT molecular complexity index is 1100. The number of amides is 1. The fourth-order valence-corrected chi connectivity index (χ4v) is 4.84. The fraction of sp³-hybridized carbons (Fsp3) is 0.269. The molecule has 0 bridgehead atoms. The van der Waals surface area contributed by atoms with Crippen LogP contribution in [0.1, 0.15) is 30.0 Å². The Balaban J connectivity index is 1.70. The molecule has 0 saturated heterocycles. The highest BCUT2D eigenvalue weighted by molar-refractivity contribution is 7.89. The minimum Gasteiger partial charge on any atom is -0.352 e. The highest BCUT2D eigenvalue weighted by atomic mass is 32.2. The van der Waals surface area contributed by atoms with E-state index in [0.29, 0.717) is 0 Å². The normalized spacial score (nSPS) is 12.5. The zero-order chi connectivity index (χ0) is 23.0. The Kier molecular flexibility index (Phi) is 8.20. The molecular formula is C26H30N2O3S. The molecule has 1 amide bonds. The number of sulfonamides is 1. The molecule has 0 aromatic heterocycles. The van der Waals surface area contributed by atoms with Crippen molar-refractivity contribution in [1.29, 1.82) is 0 Å². The summed E-state index contributed by atoms with van der Waals surface area (Å²) in [4.78, 5) is 13.0. The molecule has 3 aromatic rings. The van der Waals surface area contributed by atoms with Crippen LogP contribution in [-0.4, -0.2) is 31.2 Å². The summed E-state index contributed by atoms with van der Waals surface area (Å²) in [6, 6.07) is 26.0. The molecule has 0 aliphatic rings. The SMILES string of the molecule is Cc1ccc(S(=O)(=O)N(CC(=O)N[C@@H](C)CCc2ccccc2)Cc2ccccc2)cc1. The first-order valence-electron chi connectivity index (χ1n) is 10.8. The van der Waals surface area contributed by atoms with Crippen molar-refractivity contribution in [2.24, 2.45) is 0 Å². The van der Waals surface area contributed by atoms with Crippen molar-refractivity contribution in [3.05, 3.63) is 102 Å². The summed E-state index contributed by atoms with van der Waals surface area (Å²) in [5.41, 5.74) is 3.01. The molecule has 1 atom stereocenters. The lowest BCUT2D eigenvalue weighted by Gasteiger charge is -2.23. The number of benzene rings is 3. The number of rotatable bonds is 10. The van der Waals surface area contributed by atoms with E-state index in [1.807, 2.05) is 62.4 Å². The maximum absolute atomic E-state index is 13.3. The average Bonchev–Trinajstić information content (AvgIpc) is 2.79. The smallest absolute Gasteiger partial charge is 0.243 e. The standard InChI is InChI=1S/C26H30N2O3S/c1-21-13-17-25(18-14-21)32(30,31)28(19-24-11-7-4-8-12-24)20-26(29)27-22(2)15-16-23-9-5-3-6-10-23/h3-14,17-18,22H,15-16,19-20H2,1-2H3,(H,27,29)/t22-/m0/s1. The number of nitrogens with one attached hydrogen (secondary N) is 1. The second-order valence-corrected chi connectivity index (χ2v) is 10.0. The molecule has 0 saturated carbocycles. The molecule has 1 N–H and O–H groups in total. The highest BCUT2D eigenvalue weighted by Crippen LogP contribution is 2.19. The molecule has 0 heterocycles. The highest BCUT2D eigenvalue weighted by Gasteiger charge is 2.27. The quantitative estimate of drug-likeness (QED) is 0.500. The van der Waals surface area contributed by atoms with Crippen molar-refractivity contribution in [2.45, 2.75) is 44.2 Å². The van der Waals surface area contributed by atoms with Crippen LogP contribution < -0.4 is 5.32 Å². The van der Waals surface area contributed by atoms with E-state index in [0.717, 1.165) is 24.0 Å². The Labute approximate surface area is 191 Å². The van der Waals surface area contributed by atoms with Gasteiger partial charge in [-0.1, -0.05) is 78.4 Å². The summed E-state index contributed by atoms with van der Waals surface area (Å²) >= 11 is 0. The van der Waals surface area contributed by atoms with Crippen LogP contribution in [0.4, 0.5) is 0 Å². The zero-order valence-electron chi connectivity index (χ0n) is 18.6. The van der Waals surface area contributed by atoms with E-state index < -0.39 is 10.0 Å². The Morgan fingerprint density at radius 2 is 1.44 bits per heavy atom. The van der Waals surface area contributed by atoms with E-state index in [-0.39, 0.29) is 29.9 Å². The molecular weight excluding hydrogens is 420 g/mol. The first kappa shape index (κ1) is 23.7. The van der Waals surface area contributed by atoms with E-state index in [2.05, 4.69) is 17.4 Å². The van der Waals surface area contributed by atoms with Crippen LogP contribution in [0.25, 0.3) is 0 Å². The number of hydrogen-bond acceptors (Lipinski definition) is 3. The third-order valence-electron chi connectivity index (χ3n) is 5.30. The minimum absolute atomic E-state index is 0.0663. The average molecular weight is 451 g/mol. The lowest BCUT2D eigenvalue weighted by atomic mass is 10.1. The van der Waals surface area contributed by atoms with E-state index >= 15 is 0 Å². The maximum Gasteiger partial charge on any atom is 0.243 e. The number of carbonyl (C=O) groups is 1. The van der Waals surface area contributed by atoms with Gasteiger partial charge >= 0.3 is 0 Å². The van der Waals surface area contributed by atoms with Crippen molar-refractivity contribution in [2.75, 3.05) is 6.54 Å². The molecule has 168 valence electrons. The van der Waals surface area contributed by atoms with Gasteiger partial charge in [0.2, 0.25) is 15.9 Å². The van der Waals surface area contributed by atoms with Gasteiger partial charge in [0.25, 0.3) is 0 Å². The van der Waals surface area contributed by atoms with Gasteiger partial charge in [-0.15, -0.1) is 0 Å². The van der Waals surface area contributed by atoms with Crippen LogP contribution in [-0.2, 0) is 27.8 Å². The second kappa shape index (κ2) is 11.1. The van der Waals surface area contributed by atoms with E-state index in [1.165, 1.54) is 9.87 Å².